The van der Waals surface area contributed by atoms with E-state index in [1.165, 1.54) is 13.2 Å². The molecule has 0 aromatic heterocycles. The van der Waals surface area contributed by atoms with E-state index < -0.39 is 29.4 Å². The van der Waals surface area contributed by atoms with Crippen LogP contribution >= 0.6 is 0 Å². The number of rotatable bonds is 3. The molecule has 1 amide bonds. The molecule has 1 saturated heterocycles. The van der Waals surface area contributed by atoms with Crippen LogP contribution in [-0.4, -0.2) is 47.9 Å². The van der Waals surface area contributed by atoms with Crippen molar-refractivity contribution in [1.82, 2.24) is 4.90 Å². The van der Waals surface area contributed by atoms with Crippen LogP contribution in [0.1, 0.15) is 33.6 Å². The maximum absolute atomic E-state index is 13.8. The van der Waals surface area contributed by atoms with Crippen LogP contribution in [0.25, 0.3) is 0 Å². The summed E-state index contributed by atoms with van der Waals surface area (Å²) >= 11 is 0. The first-order valence-corrected chi connectivity index (χ1v) is 6.50. The van der Waals surface area contributed by atoms with Crippen molar-refractivity contribution in [2.24, 2.45) is 0 Å². The van der Waals surface area contributed by atoms with Crippen molar-refractivity contribution in [3.63, 3.8) is 0 Å². The number of ether oxygens (including phenoxy) is 2. The van der Waals surface area contributed by atoms with Gasteiger partial charge in [-0.05, 0) is 27.2 Å². The molecule has 20 heavy (non-hydrogen) atoms. The van der Waals surface area contributed by atoms with Gasteiger partial charge in [-0.2, -0.15) is 0 Å². The van der Waals surface area contributed by atoms with Crippen LogP contribution in [0.5, 0.6) is 0 Å². The van der Waals surface area contributed by atoms with E-state index >= 15 is 0 Å². The molecule has 0 radical (unpaired) electrons. The number of hydrogen-bond acceptors (Lipinski definition) is 4. The molecule has 1 rings (SSSR count). The van der Waals surface area contributed by atoms with Gasteiger partial charge in [0.05, 0.1) is 13.7 Å². The number of amides is 1. The molecule has 0 N–H and O–H groups in total. The lowest BCUT2D eigenvalue weighted by atomic mass is 9.92. The molecule has 1 heterocycles. The lowest BCUT2D eigenvalue weighted by Crippen LogP contribution is -2.54. The first-order chi connectivity index (χ1) is 9.16. The minimum atomic E-state index is -1.36. The van der Waals surface area contributed by atoms with Crippen LogP contribution in [-0.2, 0) is 14.3 Å². The second-order valence-electron chi connectivity index (χ2n) is 5.91. The molecule has 114 valence electrons. The summed E-state index contributed by atoms with van der Waals surface area (Å²) in [6.45, 7) is 8.52. The molecule has 0 aromatic carbocycles. The number of esters is 1. The predicted octanol–water partition coefficient (Wildman–Crippen LogP) is 2.45. The van der Waals surface area contributed by atoms with Gasteiger partial charge in [0.1, 0.15) is 17.3 Å². The summed E-state index contributed by atoms with van der Waals surface area (Å²) in [5.74, 6) is -0.650. The van der Waals surface area contributed by atoms with Crippen LogP contribution in [0, 0.1) is 0 Å². The van der Waals surface area contributed by atoms with Crippen molar-refractivity contribution in [3.8, 4) is 0 Å². The number of nitrogens with zero attached hydrogens (tertiary/aromatic N) is 1. The highest BCUT2D eigenvalue weighted by Gasteiger charge is 2.55. The van der Waals surface area contributed by atoms with Crippen molar-refractivity contribution in [3.05, 3.63) is 12.7 Å². The van der Waals surface area contributed by atoms with Gasteiger partial charge in [0.25, 0.3) is 0 Å². The Bertz CT molecular complexity index is 404. The van der Waals surface area contributed by atoms with Gasteiger partial charge in [0.15, 0.2) is 0 Å². The molecular formula is C14H22FNO4. The normalized spacial score (nSPS) is 26.2. The van der Waals surface area contributed by atoms with Crippen LogP contribution in [0.3, 0.4) is 0 Å². The van der Waals surface area contributed by atoms with Crippen molar-refractivity contribution in [2.75, 3.05) is 13.7 Å². The zero-order valence-corrected chi connectivity index (χ0v) is 12.4. The Hall–Kier alpha value is -1.59. The van der Waals surface area contributed by atoms with Gasteiger partial charge in [-0.1, -0.05) is 6.08 Å². The molecule has 5 nitrogen and oxygen atoms in total. The van der Waals surface area contributed by atoms with Crippen molar-refractivity contribution in [1.29, 1.82) is 0 Å². The topological polar surface area (TPSA) is 55.8 Å². The Balaban J connectivity index is 3.09. The summed E-state index contributed by atoms with van der Waals surface area (Å²) in [5, 5.41) is 0. The van der Waals surface area contributed by atoms with E-state index in [-0.39, 0.29) is 19.4 Å². The SMILES string of the molecule is C=CC[C@@]1(C(=O)OC)C[C@@H](F)CN1C(=O)OC(C)(C)C. The maximum atomic E-state index is 13.8. The van der Waals surface area contributed by atoms with Crippen molar-refractivity contribution < 1.29 is 23.5 Å². The molecule has 0 aliphatic carbocycles. The molecule has 0 unspecified atom stereocenters. The first kappa shape index (κ1) is 16.5. The Labute approximate surface area is 118 Å². The molecule has 0 spiro atoms. The number of carbonyl (C=O) groups is 2. The van der Waals surface area contributed by atoms with Crippen LogP contribution in [0.15, 0.2) is 12.7 Å². The standard InChI is InChI=1S/C14H22FNO4/c1-6-7-14(11(17)19-5)8-10(15)9-16(14)12(18)20-13(2,3)4/h6,10H,1,7-9H2,2-5H3/t10-,14+/m1/s1. The molecule has 0 bridgehead atoms. The predicted molar refractivity (Wildman–Crippen MR) is 72.0 cm³/mol. The van der Waals surface area contributed by atoms with E-state index in [2.05, 4.69) is 6.58 Å². The summed E-state index contributed by atoms with van der Waals surface area (Å²) in [7, 11) is 1.21. The average molecular weight is 287 g/mol. The summed E-state index contributed by atoms with van der Waals surface area (Å²) < 4.78 is 23.8. The highest BCUT2D eigenvalue weighted by atomic mass is 19.1. The van der Waals surface area contributed by atoms with Gasteiger partial charge < -0.3 is 9.47 Å². The summed E-state index contributed by atoms with van der Waals surface area (Å²) in [5.41, 5.74) is -2.08. The zero-order chi connectivity index (χ0) is 15.6. The third-order valence-corrected chi connectivity index (χ3v) is 3.12. The monoisotopic (exact) mass is 287 g/mol. The first-order valence-electron chi connectivity index (χ1n) is 6.50. The minimum absolute atomic E-state index is 0.106. The quantitative estimate of drug-likeness (QED) is 0.591. The summed E-state index contributed by atoms with van der Waals surface area (Å²) in [6, 6.07) is 0. The third-order valence-electron chi connectivity index (χ3n) is 3.12. The Kier molecular flexibility index (Phi) is 4.78. The molecular weight excluding hydrogens is 265 g/mol. The average Bonchev–Trinajstić information content (AvgIpc) is 2.65. The molecule has 1 fully saturated rings. The van der Waals surface area contributed by atoms with Crippen LogP contribution in [0.2, 0.25) is 0 Å². The fourth-order valence-electron chi connectivity index (χ4n) is 2.38. The molecule has 6 heteroatoms. The lowest BCUT2D eigenvalue weighted by molar-refractivity contribution is -0.153. The Morgan fingerprint density at radius 1 is 1.50 bits per heavy atom. The van der Waals surface area contributed by atoms with E-state index in [0.29, 0.717) is 0 Å². The van der Waals surface area contributed by atoms with Gasteiger partial charge in [-0.15, -0.1) is 6.58 Å². The number of hydrogen-bond donors (Lipinski definition) is 0. The van der Waals surface area contributed by atoms with Gasteiger partial charge in [-0.3, -0.25) is 4.90 Å². The molecule has 1 aliphatic heterocycles. The molecule has 2 atom stereocenters. The fourth-order valence-corrected chi connectivity index (χ4v) is 2.38. The maximum Gasteiger partial charge on any atom is 0.411 e. The van der Waals surface area contributed by atoms with Crippen molar-refractivity contribution in [2.45, 2.75) is 50.9 Å². The van der Waals surface area contributed by atoms with Gasteiger partial charge in [0, 0.05) is 6.42 Å². The third kappa shape index (κ3) is 3.29. The van der Waals surface area contributed by atoms with Gasteiger partial charge in [0.2, 0.25) is 0 Å². The zero-order valence-electron chi connectivity index (χ0n) is 12.4. The Morgan fingerprint density at radius 2 is 2.10 bits per heavy atom. The Morgan fingerprint density at radius 3 is 2.55 bits per heavy atom. The second-order valence-corrected chi connectivity index (χ2v) is 5.91. The molecule has 0 saturated carbocycles. The molecule has 0 aromatic rings. The van der Waals surface area contributed by atoms with E-state index in [0.717, 1.165) is 4.90 Å². The van der Waals surface area contributed by atoms with Crippen molar-refractivity contribution >= 4 is 12.1 Å². The van der Waals surface area contributed by atoms with Crippen LogP contribution in [0.4, 0.5) is 9.18 Å². The number of halogens is 1. The van der Waals surface area contributed by atoms with E-state index in [4.69, 9.17) is 9.47 Å². The van der Waals surface area contributed by atoms with E-state index in [1.54, 1.807) is 20.8 Å². The fraction of sp³-hybridized carbons (Fsp3) is 0.714. The molecule has 1 aliphatic rings. The highest BCUT2D eigenvalue weighted by molar-refractivity contribution is 5.87. The van der Waals surface area contributed by atoms with Gasteiger partial charge >= 0.3 is 12.1 Å². The summed E-state index contributed by atoms with van der Waals surface area (Å²) in [6.07, 6.45) is -0.511. The lowest BCUT2D eigenvalue weighted by Gasteiger charge is -2.35. The number of methoxy groups -OCH3 is 1. The summed E-state index contributed by atoms with van der Waals surface area (Å²) in [4.78, 5) is 25.4. The van der Waals surface area contributed by atoms with Crippen LogP contribution < -0.4 is 0 Å². The highest BCUT2D eigenvalue weighted by Crippen LogP contribution is 2.36. The largest absolute Gasteiger partial charge is 0.467 e. The minimum Gasteiger partial charge on any atom is -0.467 e. The number of alkyl halides is 1. The number of carbonyl (C=O) groups excluding carboxylic acids is 2. The van der Waals surface area contributed by atoms with E-state index in [9.17, 15) is 14.0 Å². The number of likely N-dealkylation sites (tertiary alicyclic amines) is 1. The van der Waals surface area contributed by atoms with E-state index in [1.807, 2.05) is 0 Å². The van der Waals surface area contributed by atoms with Gasteiger partial charge in [-0.25, -0.2) is 14.0 Å². The smallest absolute Gasteiger partial charge is 0.411 e. The second kappa shape index (κ2) is 5.81.